The van der Waals surface area contributed by atoms with Gasteiger partial charge in [-0.05, 0) is 47.1 Å². The molecule has 0 N–H and O–H groups in total. The minimum Gasteiger partial charge on any atom is -0.0836 e. The summed E-state index contributed by atoms with van der Waals surface area (Å²) in [6, 6.07) is 9.36. The monoisotopic (exact) mass is 350 g/mol. The van der Waals surface area contributed by atoms with E-state index in [0.717, 1.165) is 5.92 Å². The van der Waals surface area contributed by atoms with E-state index in [1.54, 1.807) is 0 Å². The first-order chi connectivity index (χ1) is 9.78. The Morgan fingerprint density at radius 1 is 1.19 bits per heavy atom. The van der Waals surface area contributed by atoms with Crippen molar-refractivity contribution in [2.45, 2.75) is 77.0 Å². The van der Waals surface area contributed by atoms with Gasteiger partial charge in [0.1, 0.15) is 0 Å². The molecule has 2 atom stereocenters. The minimum absolute atomic E-state index is 0.282. The van der Waals surface area contributed by atoms with Crippen LogP contribution in [0.3, 0.4) is 0 Å². The van der Waals surface area contributed by atoms with Gasteiger partial charge in [0.25, 0.3) is 0 Å². The molecule has 21 heavy (non-hydrogen) atoms. The molecule has 0 bridgehead atoms. The number of benzene rings is 1. The Bertz CT molecular complexity index is 455. The summed E-state index contributed by atoms with van der Waals surface area (Å²) in [5.74, 6) is 0.747. The molecule has 1 saturated carbocycles. The molecule has 118 valence electrons. The second-order valence-electron chi connectivity index (χ2n) is 8.10. The molecule has 0 aromatic heterocycles. The second-order valence-corrected chi connectivity index (χ2v) is 9.09. The Balaban J connectivity index is 2.18. The lowest BCUT2D eigenvalue weighted by atomic mass is 9.66. The van der Waals surface area contributed by atoms with Crippen LogP contribution in [0.25, 0.3) is 0 Å². The maximum absolute atomic E-state index is 4.02. The van der Waals surface area contributed by atoms with Gasteiger partial charge in [0.05, 0.1) is 0 Å². The fraction of sp³-hybridized carbons (Fsp3) is 0.700. The highest BCUT2D eigenvalue weighted by Gasteiger charge is 2.37. The number of hydrogen-bond donors (Lipinski definition) is 0. The van der Waals surface area contributed by atoms with E-state index in [2.05, 4.69) is 74.8 Å². The van der Waals surface area contributed by atoms with E-state index in [0.29, 0.717) is 10.2 Å². The van der Waals surface area contributed by atoms with Crippen LogP contribution in [-0.2, 0) is 5.41 Å². The van der Waals surface area contributed by atoms with Crippen LogP contribution in [0.1, 0.15) is 82.7 Å². The van der Waals surface area contributed by atoms with Crippen molar-refractivity contribution in [1.82, 2.24) is 0 Å². The quantitative estimate of drug-likeness (QED) is 0.511. The van der Waals surface area contributed by atoms with Gasteiger partial charge in [-0.25, -0.2) is 0 Å². The third kappa shape index (κ3) is 3.73. The van der Waals surface area contributed by atoms with E-state index in [9.17, 15) is 0 Å². The molecule has 1 heteroatoms. The van der Waals surface area contributed by atoms with Crippen LogP contribution in [0.2, 0.25) is 0 Å². The zero-order valence-electron chi connectivity index (χ0n) is 14.4. The van der Waals surface area contributed by atoms with E-state index in [4.69, 9.17) is 0 Å². The number of halogens is 1. The van der Waals surface area contributed by atoms with Crippen molar-refractivity contribution >= 4 is 15.9 Å². The van der Waals surface area contributed by atoms with Crippen molar-refractivity contribution in [2.24, 2.45) is 11.3 Å². The first-order valence-corrected chi connectivity index (χ1v) is 9.44. The zero-order chi connectivity index (χ0) is 15.7. The van der Waals surface area contributed by atoms with Gasteiger partial charge in [-0.1, -0.05) is 87.7 Å². The lowest BCUT2D eigenvalue weighted by molar-refractivity contribution is 0.136. The first-order valence-electron chi connectivity index (χ1n) is 8.52. The van der Waals surface area contributed by atoms with Crippen molar-refractivity contribution in [2.75, 3.05) is 0 Å². The Morgan fingerprint density at radius 3 is 2.33 bits per heavy atom. The molecule has 2 rings (SSSR count). The van der Waals surface area contributed by atoms with Crippen LogP contribution in [0.5, 0.6) is 0 Å². The molecule has 1 aliphatic rings. The van der Waals surface area contributed by atoms with Gasteiger partial charge >= 0.3 is 0 Å². The fourth-order valence-electron chi connectivity index (χ4n) is 3.62. The third-order valence-electron chi connectivity index (χ3n) is 5.84. The maximum atomic E-state index is 4.02. The lowest BCUT2D eigenvalue weighted by Crippen LogP contribution is -2.30. The van der Waals surface area contributed by atoms with E-state index < -0.39 is 0 Å². The van der Waals surface area contributed by atoms with Gasteiger partial charge in [-0.15, -0.1) is 0 Å². The SMILES string of the molecule is CCC(C)(C)c1ccc(C(Br)C2CCCCC2(C)C)cc1. The summed E-state index contributed by atoms with van der Waals surface area (Å²) < 4.78 is 0. The molecule has 0 aliphatic heterocycles. The fourth-order valence-corrected chi connectivity index (χ4v) is 4.90. The lowest BCUT2D eigenvalue weighted by Gasteiger charge is -2.41. The van der Waals surface area contributed by atoms with E-state index in [1.807, 2.05) is 0 Å². The molecule has 1 aromatic carbocycles. The smallest absolute Gasteiger partial charge is 0.0428 e. The molecule has 0 amide bonds. The minimum atomic E-state index is 0.282. The molecule has 0 nitrogen and oxygen atoms in total. The zero-order valence-corrected chi connectivity index (χ0v) is 16.0. The highest BCUT2D eigenvalue weighted by molar-refractivity contribution is 9.09. The van der Waals surface area contributed by atoms with Crippen molar-refractivity contribution in [1.29, 1.82) is 0 Å². The molecule has 1 aliphatic carbocycles. The van der Waals surface area contributed by atoms with Gasteiger partial charge in [0, 0.05) is 4.83 Å². The van der Waals surface area contributed by atoms with E-state index >= 15 is 0 Å². The van der Waals surface area contributed by atoms with Gasteiger partial charge in [-0.3, -0.25) is 0 Å². The molecular weight excluding hydrogens is 320 g/mol. The van der Waals surface area contributed by atoms with Crippen molar-refractivity contribution in [3.05, 3.63) is 35.4 Å². The van der Waals surface area contributed by atoms with Crippen LogP contribution in [0.4, 0.5) is 0 Å². The van der Waals surface area contributed by atoms with Crippen LogP contribution < -0.4 is 0 Å². The predicted molar refractivity (Wildman–Crippen MR) is 97.2 cm³/mol. The topological polar surface area (TPSA) is 0 Å². The normalized spacial score (nSPS) is 23.8. The molecule has 2 unspecified atom stereocenters. The van der Waals surface area contributed by atoms with Gasteiger partial charge in [0.15, 0.2) is 0 Å². The average Bonchev–Trinajstić information content (AvgIpc) is 2.46. The third-order valence-corrected chi connectivity index (χ3v) is 7.00. The van der Waals surface area contributed by atoms with Gasteiger partial charge in [0.2, 0.25) is 0 Å². The van der Waals surface area contributed by atoms with Crippen molar-refractivity contribution in [3.8, 4) is 0 Å². The Hall–Kier alpha value is -0.300. The molecule has 1 aromatic rings. The molecule has 0 saturated heterocycles. The molecule has 0 heterocycles. The van der Waals surface area contributed by atoms with Crippen LogP contribution in [0.15, 0.2) is 24.3 Å². The summed E-state index contributed by atoms with van der Waals surface area (Å²) in [6.07, 6.45) is 6.68. The first kappa shape index (κ1) is 17.1. The highest BCUT2D eigenvalue weighted by Crippen LogP contribution is 2.50. The summed E-state index contributed by atoms with van der Waals surface area (Å²) in [7, 11) is 0. The summed E-state index contributed by atoms with van der Waals surface area (Å²) in [6.45, 7) is 11.8. The summed E-state index contributed by atoms with van der Waals surface area (Å²) in [5, 5.41) is 0. The maximum Gasteiger partial charge on any atom is 0.0428 e. The molecule has 1 fully saturated rings. The Morgan fingerprint density at radius 2 is 1.81 bits per heavy atom. The van der Waals surface area contributed by atoms with Crippen molar-refractivity contribution < 1.29 is 0 Å². The van der Waals surface area contributed by atoms with Gasteiger partial charge in [-0.2, -0.15) is 0 Å². The molecular formula is C20H31Br. The predicted octanol–water partition coefficient (Wildman–Crippen LogP) is 7.03. The van der Waals surface area contributed by atoms with Crippen molar-refractivity contribution in [3.63, 3.8) is 0 Å². The standard InChI is InChI=1S/C20H31Br/c1-6-19(2,3)16-12-10-15(11-13-16)18(21)17-9-7-8-14-20(17,4)5/h10-13,17-18H,6-9,14H2,1-5H3. The summed E-state index contributed by atoms with van der Waals surface area (Å²) in [4.78, 5) is 0.492. The number of hydrogen-bond acceptors (Lipinski definition) is 0. The average molecular weight is 351 g/mol. The largest absolute Gasteiger partial charge is 0.0836 e. The number of alkyl halides is 1. The van der Waals surface area contributed by atoms with Gasteiger partial charge < -0.3 is 0 Å². The van der Waals surface area contributed by atoms with Crippen LogP contribution in [-0.4, -0.2) is 0 Å². The Labute approximate surface area is 139 Å². The van der Waals surface area contributed by atoms with E-state index in [-0.39, 0.29) is 5.41 Å². The van der Waals surface area contributed by atoms with Crippen LogP contribution in [0, 0.1) is 11.3 Å². The number of rotatable bonds is 4. The Kier molecular flexibility index (Phi) is 5.23. The second kappa shape index (κ2) is 6.44. The summed E-state index contributed by atoms with van der Waals surface area (Å²) in [5.41, 5.74) is 3.64. The molecule has 0 radical (unpaired) electrons. The van der Waals surface area contributed by atoms with Crippen LogP contribution >= 0.6 is 15.9 Å². The highest BCUT2D eigenvalue weighted by atomic mass is 79.9. The summed E-state index contributed by atoms with van der Waals surface area (Å²) >= 11 is 4.02. The molecule has 0 spiro atoms. The van der Waals surface area contributed by atoms with E-state index in [1.165, 1.54) is 43.2 Å².